The molecular weight excluding hydrogens is 204 g/mol. The van der Waals surface area contributed by atoms with Crippen LogP contribution >= 0.6 is 0 Å². The Morgan fingerprint density at radius 2 is 2.06 bits per heavy atom. The molecule has 4 nitrogen and oxygen atoms in total. The summed E-state index contributed by atoms with van der Waals surface area (Å²) in [6.45, 7) is 3.12. The van der Waals surface area contributed by atoms with Gasteiger partial charge in [-0.25, -0.2) is 0 Å². The molecule has 0 aliphatic carbocycles. The van der Waals surface area contributed by atoms with Gasteiger partial charge in [-0.15, -0.1) is 0 Å². The normalized spacial score (nSPS) is 12.2. The Bertz CT molecular complexity index is 329. The molecule has 90 valence electrons. The van der Waals surface area contributed by atoms with Crippen molar-refractivity contribution in [3.05, 3.63) is 23.8 Å². The molecule has 1 aromatic carbocycles. The number of methoxy groups -OCH3 is 1. The highest BCUT2D eigenvalue weighted by molar-refractivity contribution is 5.43. The number of nitrogens with two attached hydrogens (primary N) is 2. The van der Waals surface area contributed by atoms with E-state index in [2.05, 4.69) is 0 Å². The third-order valence-corrected chi connectivity index (χ3v) is 2.39. The number of ether oxygens (including phenoxy) is 2. The largest absolute Gasteiger partial charge is 0.493 e. The predicted molar refractivity (Wildman–Crippen MR) is 64.8 cm³/mol. The van der Waals surface area contributed by atoms with E-state index >= 15 is 0 Å². The van der Waals surface area contributed by atoms with Crippen molar-refractivity contribution < 1.29 is 9.47 Å². The highest BCUT2D eigenvalue weighted by Gasteiger charge is 2.10. The van der Waals surface area contributed by atoms with Gasteiger partial charge < -0.3 is 20.9 Å². The lowest BCUT2D eigenvalue weighted by molar-refractivity contribution is 0.310. The summed E-state index contributed by atoms with van der Waals surface area (Å²) in [5.74, 6) is 1.46. The van der Waals surface area contributed by atoms with E-state index in [9.17, 15) is 0 Å². The van der Waals surface area contributed by atoms with Crippen molar-refractivity contribution in [1.82, 2.24) is 0 Å². The van der Waals surface area contributed by atoms with E-state index in [1.807, 2.05) is 25.1 Å². The Hall–Kier alpha value is -1.26. The van der Waals surface area contributed by atoms with E-state index in [-0.39, 0.29) is 6.04 Å². The van der Waals surface area contributed by atoms with Crippen molar-refractivity contribution in [2.45, 2.75) is 19.4 Å². The molecule has 0 aromatic heterocycles. The van der Waals surface area contributed by atoms with Gasteiger partial charge in [0.15, 0.2) is 11.5 Å². The Morgan fingerprint density at radius 1 is 1.31 bits per heavy atom. The van der Waals surface area contributed by atoms with Crippen LogP contribution < -0.4 is 20.9 Å². The van der Waals surface area contributed by atoms with Crippen LogP contribution in [-0.4, -0.2) is 20.3 Å². The molecule has 0 saturated carbocycles. The average Bonchev–Trinajstić information content (AvgIpc) is 2.29. The molecule has 0 radical (unpaired) electrons. The number of benzene rings is 1. The SMILES string of the molecule is CCOc1cc([C@@H](N)CCN)ccc1OC. The number of hydrogen-bond acceptors (Lipinski definition) is 4. The van der Waals surface area contributed by atoms with E-state index in [4.69, 9.17) is 20.9 Å². The maximum Gasteiger partial charge on any atom is 0.161 e. The van der Waals surface area contributed by atoms with Crippen molar-refractivity contribution in [3.63, 3.8) is 0 Å². The molecule has 0 spiro atoms. The first-order valence-corrected chi connectivity index (χ1v) is 5.49. The second kappa shape index (κ2) is 6.35. The molecule has 0 unspecified atom stereocenters. The van der Waals surface area contributed by atoms with Gasteiger partial charge in [-0.3, -0.25) is 0 Å². The summed E-state index contributed by atoms with van der Waals surface area (Å²) in [5.41, 5.74) is 12.5. The molecule has 1 atom stereocenters. The van der Waals surface area contributed by atoms with Crippen LogP contribution in [0.25, 0.3) is 0 Å². The zero-order chi connectivity index (χ0) is 12.0. The molecule has 1 aromatic rings. The third-order valence-electron chi connectivity index (χ3n) is 2.39. The van der Waals surface area contributed by atoms with E-state index in [1.165, 1.54) is 0 Å². The Kier molecular flexibility index (Phi) is 5.08. The molecular formula is C12H20N2O2. The van der Waals surface area contributed by atoms with Crippen molar-refractivity contribution in [3.8, 4) is 11.5 Å². The summed E-state index contributed by atoms with van der Waals surface area (Å²) in [5, 5.41) is 0. The number of rotatable bonds is 6. The standard InChI is InChI=1S/C12H20N2O2/c1-3-16-12-8-9(10(14)6-7-13)4-5-11(12)15-2/h4-5,8,10H,3,6-7,13-14H2,1-2H3/t10-/m0/s1. The van der Waals surface area contributed by atoms with Gasteiger partial charge in [-0.05, 0) is 37.6 Å². The maximum atomic E-state index is 5.99. The van der Waals surface area contributed by atoms with Gasteiger partial charge >= 0.3 is 0 Å². The van der Waals surface area contributed by atoms with E-state index in [0.29, 0.717) is 13.2 Å². The molecule has 0 aliphatic heterocycles. The minimum atomic E-state index is -0.0462. The van der Waals surface area contributed by atoms with E-state index in [0.717, 1.165) is 23.5 Å². The molecule has 0 fully saturated rings. The van der Waals surface area contributed by atoms with Crippen molar-refractivity contribution >= 4 is 0 Å². The van der Waals surface area contributed by atoms with Gasteiger partial charge in [0.25, 0.3) is 0 Å². The average molecular weight is 224 g/mol. The van der Waals surface area contributed by atoms with Crippen LogP contribution in [0.1, 0.15) is 24.9 Å². The summed E-state index contributed by atoms with van der Waals surface area (Å²) < 4.78 is 10.7. The van der Waals surface area contributed by atoms with Gasteiger partial charge in [0, 0.05) is 6.04 Å². The van der Waals surface area contributed by atoms with Crippen LogP contribution in [0.2, 0.25) is 0 Å². The molecule has 16 heavy (non-hydrogen) atoms. The fourth-order valence-corrected chi connectivity index (χ4v) is 1.54. The quantitative estimate of drug-likeness (QED) is 0.767. The lowest BCUT2D eigenvalue weighted by Crippen LogP contribution is -2.15. The molecule has 0 bridgehead atoms. The Labute approximate surface area is 96.5 Å². The summed E-state index contributed by atoms with van der Waals surface area (Å²) in [4.78, 5) is 0. The maximum absolute atomic E-state index is 5.99. The third kappa shape index (κ3) is 3.12. The monoisotopic (exact) mass is 224 g/mol. The lowest BCUT2D eigenvalue weighted by atomic mass is 10.0. The molecule has 0 amide bonds. The molecule has 4 heteroatoms. The van der Waals surface area contributed by atoms with Crippen LogP contribution in [0.5, 0.6) is 11.5 Å². The highest BCUT2D eigenvalue weighted by atomic mass is 16.5. The van der Waals surface area contributed by atoms with Gasteiger partial charge in [0.05, 0.1) is 13.7 Å². The zero-order valence-electron chi connectivity index (χ0n) is 9.90. The molecule has 0 heterocycles. The van der Waals surface area contributed by atoms with Crippen molar-refractivity contribution in [2.75, 3.05) is 20.3 Å². The van der Waals surface area contributed by atoms with Crippen LogP contribution in [0, 0.1) is 0 Å². The summed E-state index contributed by atoms with van der Waals surface area (Å²) in [7, 11) is 1.62. The minimum Gasteiger partial charge on any atom is -0.493 e. The van der Waals surface area contributed by atoms with E-state index in [1.54, 1.807) is 7.11 Å². The molecule has 0 saturated heterocycles. The van der Waals surface area contributed by atoms with Gasteiger partial charge in [-0.1, -0.05) is 6.07 Å². The van der Waals surface area contributed by atoms with Gasteiger partial charge in [0.1, 0.15) is 0 Å². The number of hydrogen-bond donors (Lipinski definition) is 2. The summed E-state index contributed by atoms with van der Waals surface area (Å²) in [6, 6.07) is 5.69. The van der Waals surface area contributed by atoms with E-state index < -0.39 is 0 Å². The van der Waals surface area contributed by atoms with Gasteiger partial charge in [0.2, 0.25) is 0 Å². The summed E-state index contributed by atoms with van der Waals surface area (Å²) >= 11 is 0. The Morgan fingerprint density at radius 3 is 2.62 bits per heavy atom. The smallest absolute Gasteiger partial charge is 0.161 e. The van der Waals surface area contributed by atoms with Crippen LogP contribution in [0.4, 0.5) is 0 Å². The van der Waals surface area contributed by atoms with Crippen LogP contribution in [-0.2, 0) is 0 Å². The first-order chi connectivity index (χ1) is 7.72. The van der Waals surface area contributed by atoms with Crippen LogP contribution in [0.15, 0.2) is 18.2 Å². The second-order valence-electron chi connectivity index (χ2n) is 3.53. The lowest BCUT2D eigenvalue weighted by Gasteiger charge is -2.14. The fourth-order valence-electron chi connectivity index (χ4n) is 1.54. The molecule has 0 aliphatic rings. The molecule has 1 rings (SSSR count). The zero-order valence-corrected chi connectivity index (χ0v) is 9.90. The summed E-state index contributed by atoms with van der Waals surface area (Å²) in [6.07, 6.45) is 0.762. The predicted octanol–water partition coefficient (Wildman–Crippen LogP) is 1.44. The molecule has 4 N–H and O–H groups in total. The minimum absolute atomic E-state index is 0.0462. The van der Waals surface area contributed by atoms with Crippen molar-refractivity contribution in [1.29, 1.82) is 0 Å². The highest BCUT2D eigenvalue weighted by Crippen LogP contribution is 2.30. The first kappa shape index (κ1) is 12.8. The van der Waals surface area contributed by atoms with Crippen LogP contribution in [0.3, 0.4) is 0 Å². The van der Waals surface area contributed by atoms with Crippen molar-refractivity contribution in [2.24, 2.45) is 11.5 Å². The van der Waals surface area contributed by atoms with Gasteiger partial charge in [-0.2, -0.15) is 0 Å². The second-order valence-corrected chi connectivity index (χ2v) is 3.53. The fraction of sp³-hybridized carbons (Fsp3) is 0.500. The Balaban J connectivity index is 2.91. The first-order valence-electron chi connectivity index (χ1n) is 5.49. The topological polar surface area (TPSA) is 70.5 Å².